The molecule has 0 aromatic rings. The molecule has 3 N–H and O–H groups in total. The lowest BCUT2D eigenvalue weighted by molar-refractivity contribution is -0.139. The molecule has 0 bridgehead atoms. The van der Waals surface area contributed by atoms with Crippen molar-refractivity contribution in [1.82, 2.24) is 0 Å². The third-order valence-corrected chi connectivity index (χ3v) is 4.98. The summed E-state index contributed by atoms with van der Waals surface area (Å²) in [4.78, 5) is 11.2. The summed E-state index contributed by atoms with van der Waals surface area (Å²) in [5.74, 6) is 0.360. The van der Waals surface area contributed by atoms with Gasteiger partial charge in [0, 0.05) is 0 Å². The average Bonchev–Trinajstić information content (AvgIpc) is 2.56. The third kappa shape index (κ3) is 3.71. The van der Waals surface area contributed by atoms with Crippen molar-refractivity contribution < 1.29 is 9.90 Å². The molecule has 0 unspecified atom stereocenters. The van der Waals surface area contributed by atoms with Crippen LogP contribution in [0.15, 0.2) is 0 Å². The lowest BCUT2D eigenvalue weighted by atomic mass is 9.66. The number of hydrogen-bond donors (Lipinski definition) is 2. The van der Waals surface area contributed by atoms with Gasteiger partial charge in [-0.1, -0.05) is 41.5 Å². The molecule has 0 heterocycles. The summed E-state index contributed by atoms with van der Waals surface area (Å²) in [6, 6.07) is 0. The van der Waals surface area contributed by atoms with Crippen molar-refractivity contribution in [2.45, 2.75) is 60.8 Å². The molecule has 0 amide bonds. The summed E-state index contributed by atoms with van der Waals surface area (Å²) in [6.07, 6.45) is 2.10. The fourth-order valence-electron chi connectivity index (χ4n) is 3.82. The van der Waals surface area contributed by atoms with Crippen molar-refractivity contribution in [1.29, 1.82) is 0 Å². The molecular formula is C16H31NO2. The summed E-state index contributed by atoms with van der Waals surface area (Å²) < 4.78 is 0. The van der Waals surface area contributed by atoms with Crippen molar-refractivity contribution in [2.24, 2.45) is 33.8 Å². The van der Waals surface area contributed by atoms with E-state index >= 15 is 0 Å². The van der Waals surface area contributed by atoms with Crippen LogP contribution in [0.25, 0.3) is 0 Å². The maximum atomic E-state index is 11.2. The Bertz CT molecular complexity index is 314. The van der Waals surface area contributed by atoms with Gasteiger partial charge < -0.3 is 10.8 Å². The number of hydrogen-bond acceptors (Lipinski definition) is 2. The Hall–Kier alpha value is -0.570. The van der Waals surface area contributed by atoms with E-state index in [2.05, 4.69) is 41.5 Å². The largest absolute Gasteiger partial charge is 0.481 e. The molecule has 1 aliphatic carbocycles. The normalized spacial score (nSPS) is 32.6. The van der Waals surface area contributed by atoms with Gasteiger partial charge in [0.25, 0.3) is 0 Å². The minimum Gasteiger partial charge on any atom is -0.481 e. The summed E-state index contributed by atoms with van der Waals surface area (Å²) in [5.41, 5.74) is 6.16. The fraction of sp³-hybridized carbons (Fsp3) is 0.938. The van der Waals surface area contributed by atoms with Gasteiger partial charge in [0.05, 0.1) is 6.42 Å². The topological polar surface area (TPSA) is 63.3 Å². The van der Waals surface area contributed by atoms with Crippen LogP contribution in [0.2, 0.25) is 0 Å². The highest BCUT2D eigenvalue weighted by molar-refractivity contribution is 5.67. The Morgan fingerprint density at radius 3 is 1.68 bits per heavy atom. The molecule has 0 aromatic carbocycles. The van der Waals surface area contributed by atoms with E-state index in [4.69, 9.17) is 5.73 Å². The Morgan fingerprint density at radius 2 is 1.47 bits per heavy atom. The van der Waals surface area contributed by atoms with Gasteiger partial charge in [-0.15, -0.1) is 0 Å². The highest BCUT2D eigenvalue weighted by Gasteiger charge is 2.52. The van der Waals surface area contributed by atoms with E-state index in [9.17, 15) is 9.90 Å². The number of aliphatic carboxylic acids is 1. The molecular weight excluding hydrogens is 238 g/mol. The molecule has 0 spiro atoms. The molecule has 1 saturated carbocycles. The molecule has 3 heteroatoms. The van der Waals surface area contributed by atoms with Crippen LogP contribution < -0.4 is 5.73 Å². The quantitative estimate of drug-likeness (QED) is 0.824. The van der Waals surface area contributed by atoms with E-state index in [0.29, 0.717) is 18.4 Å². The predicted molar refractivity (Wildman–Crippen MR) is 78.9 cm³/mol. The van der Waals surface area contributed by atoms with Gasteiger partial charge in [-0.05, 0) is 47.5 Å². The Kier molecular flexibility index (Phi) is 4.41. The van der Waals surface area contributed by atoms with Crippen LogP contribution >= 0.6 is 0 Å². The molecule has 0 aliphatic heterocycles. The predicted octanol–water partition coefficient (Wildman–Crippen LogP) is 3.52. The van der Waals surface area contributed by atoms with Crippen LogP contribution in [0.1, 0.15) is 60.8 Å². The molecule has 1 fully saturated rings. The molecule has 3 nitrogen and oxygen atoms in total. The van der Waals surface area contributed by atoms with Crippen molar-refractivity contribution >= 4 is 5.97 Å². The highest BCUT2D eigenvalue weighted by atomic mass is 16.4. The maximum Gasteiger partial charge on any atom is 0.303 e. The Morgan fingerprint density at radius 1 is 1.11 bits per heavy atom. The monoisotopic (exact) mass is 269 g/mol. The lowest BCUT2D eigenvalue weighted by Gasteiger charge is -2.39. The van der Waals surface area contributed by atoms with E-state index in [0.717, 1.165) is 12.8 Å². The maximum absolute atomic E-state index is 11.2. The highest BCUT2D eigenvalue weighted by Crippen LogP contribution is 2.58. The van der Waals surface area contributed by atoms with E-state index in [1.807, 2.05) is 0 Å². The van der Waals surface area contributed by atoms with Crippen molar-refractivity contribution in [3.63, 3.8) is 0 Å². The molecule has 0 radical (unpaired) electrons. The van der Waals surface area contributed by atoms with Crippen LogP contribution in [-0.4, -0.2) is 17.6 Å². The van der Waals surface area contributed by atoms with Crippen LogP contribution in [-0.2, 0) is 4.79 Å². The van der Waals surface area contributed by atoms with Crippen LogP contribution in [0.4, 0.5) is 0 Å². The van der Waals surface area contributed by atoms with Crippen LogP contribution in [0.3, 0.4) is 0 Å². The second-order valence-electron chi connectivity index (χ2n) is 8.63. The Labute approximate surface area is 118 Å². The second-order valence-corrected chi connectivity index (χ2v) is 8.63. The van der Waals surface area contributed by atoms with Crippen molar-refractivity contribution in [3.8, 4) is 0 Å². The first-order chi connectivity index (χ1) is 8.41. The van der Waals surface area contributed by atoms with Crippen molar-refractivity contribution in [2.75, 3.05) is 6.54 Å². The van der Waals surface area contributed by atoms with Gasteiger partial charge in [0.1, 0.15) is 0 Å². The van der Waals surface area contributed by atoms with Gasteiger partial charge in [0.15, 0.2) is 0 Å². The van der Waals surface area contributed by atoms with E-state index in [-0.39, 0.29) is 22.7 Å². The minimum atomic E-state index is -0.715. The van der Waals surface area contributed by atoms with E-state index < -0.39 is 5.97 Å². The standard InChI is InChI=1S/C16H31NO2/c1-14(2,3)11-7-16(10-17,9-13(18)19)8-12(11)15(4,5)6/h11-12H,7-10,17H2,1-6H3,(H,18,19)/t11-,12+,16-. The zero-order valence-electron chi connectivity index (χ0n) is 13.4. The van der Waals surface area contributed by atoms with Gasteiger partial charge >= 0.3 is 5.97 Å². The second kappa shape index (κ2) is 5.08. The molecule has 0 saturated heterocycles. The first-order valence-corrected chi connectivity index (χ1v) is 7.33. The smallest absolute Gasteiger partial charge is 0.303 e. The molecule has 0 aromatic heterocycles. The lowest BCUT2D eigenvalue weighted by Crippen LogP contribution is -2.32. The number of carbonyl (C=O) groups is 1. The summed E-state index contributed by atoms with van der Waals surface area (Å²) >= 11 is 0. The van der Waals surface area contributed by atoms with E-state index in [1.165, 1.54) is 0 Å². The summed E-state index contributed by atoms with van der Waals surface area (Å²) in [7, 11) is 0. The number of carboxylic acid groups (broad SMARTS) is 1. The molecule has 1 aliphatic rings. The Balaban J connectivity index is 3.08. The molecule has 1 rings (SSSR count). The van der Waals surface area contributed by atoms with E-state index in [1.54, 1.807) is 0 Å². The summed E-state index contributed by atoms with van der Waals surface area (Å²) in [5, 5.41) is 9.19. The first kappa shape index (κ1) is 16.5. The van der Waals surface area contributed by atoms with Gasteiger partial charge in [0.2, 0.25) is 0 Å². The first-order valence-electron chi connectivity index (χ1n) is 7.33. The molecule has 3 atom stereocenters. The molecule has 112 valence electrons. The summed E-state index contributed by atoms with van der Waals surface area (Å²) in [6.45, 7) is 14.1. The van der Waals surface area contributed by atoms with Crippen LogP contribution in [0.5, 0.6) is 0 Å². The SMILES string of the molecule is CC(C)(C)[C@@H]1C[C@](CN)(CC(=O)O)C[C@@H]1C(C)(C)C. The van der Waals surface area contributed by atoms with Gasteiger partial charge in [-0.25, -0.2) is 0 Å². The zero-order valence-corrected chi connectivity index (χ0v) is 13.4. The third-order valence-electron chi connectivity index (χ3n) is 4.98. The van der Waals surface area contributed by atoms with Crippen molar-refractivity contribution in [3.05, 3.63) is 0 Å². The fourth-order valence-corrected chi connectivity index (χ4v) is 3.82. The number of carboxylic acids is 1. The average molecular weight is 269 g/mol. The number of rotatable bonds is 3. The zero-order chi connectivity index (χ0) is 15.1. The number of nitrogens with two attached hydrogens (primary N) is 1. The minimum absolute atomic E-state index is 0.202. The van der Waals surface area contributed by atoms with Gasteiger partial charge in [-0.3, -0.25) is 4.79 Å². The van der Waals surface area contributed by atoms with Crippen LogP contribution in [0, 0.1) is 28.1 Å². The molecule has 19 heavy (non-hydrogen) atoms. The van der Waals surface area contributed by atoms with Gasteiger partial charge in [-0.2, -0.15) is 0 Å².